The van der Waals surface area contributed by atoms with Crippen LogP contribution in [0.25, 0.3) is 37.1 Å². The molecule has 0 aliphatic carbocycles. The molecule has 0 saturated heterocycles. The van der Waals surface area contributed by atoms with Crippen molar-refractivity contribution in [3.63, 3.8) is 0 Å². The van der Waals surface area contributed by atoms with Gasteiger partial charge in [-0.25, -0.2) is 9.36 Å². The van der Waals surface area contributed by atoms with Crippen molar-refractivity contribution in [1.29, 1.82) is 0 Å². The van der Waals surface area contributed by atoms with Gasteiger partial charge in [0.25, 0.3) is 5.56 Å². The second-order valence-corrected chi connectivity index (χ2v) is 9.63. The molecular formula is C28H18ClN3O2S. The third-order valence-corrected chi connectivity index (χ3v) is 7.53. The lowest BCUT2D eigenvalue weighted by atomic mass is 10.1. The molecular weight excluding hydrogens is 478 g/mol. The minimum absolute atomic E-state index is 0.307. The quantitative estimate of drug-likeness (QED) is 0.295. The standard InChI is InChI=1S/C28H18ClN3O2S/c29-22-10-4-3-9-21(22)25-16-24-26(35-25)27(33)32(23-11-5-7-19-6-1-2-8-20(19)23)28(34)31(24)17-18-12-14-30-15-13-18/h1-16H,17H2. The van der Waals surface area contributed by atoms with Crippen molar-refractivity contribution in [3.05, 3.63) is 129 Å². The average molecular weight is 496 g/mol. The molecule has 0 spiro atoms. The number of aromatic nitrogens is 3. The van der Waals surface area contributed by atoms with E-state index >= 15 is 0 Å². The molecule has 3 aromatic heterocycles. The Balaban J connectivity index is 1.70. The number of nitrogens with zero attached hydrogens (tertiary/aromatic N) is 3. The van der Waals surface area contributed by atoms with Gasteiger partial charge in [0.2, 0.25) is 0 Å². The lowest BCUT2D eigenvalue weighted by Crippen LogP contribution is -2.38. The first-order valence-corrected chi connectivity index (χ1v) is 12.2. The van der Waals surface area contributed by atoms with Crippen molar-refractivity contribution < 1.29 is 0 Å². The van der Waals surface area contributed by atoms with Crippen molar-refractivity contribution >= 4 is 43.9 Å². The Hall–Kier alpha value is -4.00. The van der Waals surface area contributed by atoms with E-state index in [-0.39, 0.29) is 11.2 Å². The summed E-state index contributed by atoms with van der Waals surface area (Å²) in [6.07, 6.45) is 3.39. The van der Waals surface area contributed by atoms with Crippen LogP contribution in [0.3, 0.4) is 0 Å². The fourth-order valence-electron chi connectivity index (χ4n) is 4.38. The van der Waals surface area contributed by atoms with Gasteiger partial charge in [0.15, 0.2) is 0 Å². The van der Waals surface area contributed by atoms with E-state index in [9.17, 15) is 9.59 Å². The molecule has 0 saturated carbocycles. The first-order valence-electron chi connectivity index (χ1n) is 11.0. The van der Waals surface area contributed by atoms with E-state index in [1.54, 1.807) is 17.0 Å². The second kappa shape index (κ2) is 8.65. The summed E-state index contributed by atoms with van der Waals surface area (Å²) in [5.41, 5.74) is 2.17. The summed E-state index contributed by atoms with van der Waals surface area (Å²) in [5, 5.41) is 2.39. The number of hydrogen-bond acceptors (Lipinski definition) is 4. The van der Waals surface area contributed by atoms with Crippen LogP contribution in [0.4, 0.5) is 0 Å². The van der Waals surface area contributed by atoms with Gasteiger partial charge in [-0.2, -0.15) is 0 Å². The first kappa shape index (κ1) is 21.5. The van der Waals surface area contributed by atoms with Crippen molar-refractivity contribution in [2.24, 2.45) is 0 Å². The maximum absolute atomic E-state index is 14.0. The highest BCUT2D eigenvalue weighted by atomic mass is 35.5. The molecule has 3 heterocycles. The normalized spacial score (nSPS) is 11.3. The monoisotopic (exact) mass is 495 g/mol. The summed E-state index contributed by atoms with van der Waals surface area (Å²) in [6, 6.07) is 26.5. The molecule has 0 unspecified atom stereocenters. The molecule has 0 bridgehead atoms. The van der Waals surface area contributed by atoms with Crippen LogP contribution in [0.5, 0.6) is 0 Å². The lowest BCUT2D eigenvalue weighted by Gasteiger charge is -2.14. The average Bonchev–Trinajstić information content (AvgIpc) is 3.33. The molecule has 3 aromatic carbocycles. The van der Waals surface area contributed by atoms with E-state index in [1.807, 2.05) is 84.9 Å². The Kier molecular flexibility index (Phi) is 5.32. The zero-order chi connectivity index (χ0) is 23.9. The summed E-state index contributed by atoms with van der Waals surface area (Å²) in [5.74, 6) is 0. The van der Waals surface area contributed by atoms with Crippen LogP contribution >= 0.6 is 22.9 Å². The van der Waals surface area contributed by atoms with Gasteiger partial charge in [0, 0.05) is 33.2 Å². The van der Waals surface area contributed by atoms with E-state index in [4.69, 9.17) is 11.6 Å². The highest BCUT2D eigenvalue weighted by Gasteiger charge is 2.20. The van der Waals surface area contributed by atoms with Gasteiger partial charge < -0.3 is 0 Å². The summed E-state index contributed by atoms with van der Waals surface area (Å²) >= 11 is 7.82. The maximum Gasteiger partial charge on any atom is 0.336 e. The summed E-state index contributed by atoms with van der Waals surface area (Å²) in [7, 11) is 0. The number of hydrogen-bond donors (Lipinski definition) is 0. The van der Waals surface area contributed by atoms with Crippen molar-refractivity contribution in [2.75, 3.05) is 0 Å². The van der Waals surface area contributed by atoms with Crippen LogP contribution in [0.2, 0.25) is 5.02 Å². The van der Waals surface area contributed by atoms with Gasteiger partial charge in [-0.05, 0) is 41.3 Å². The van der Waals surface area contributed by atoms with Gasteiger partial charge >= 0.3 is 5.69 Å². The minimum Gasteiger partial charge on any atom is -0.288 e. The van der Waals surface area contributed by atoms with Gasteiger partial charge in [-0.3, -0.25) is 14.3 Å². The molecule has 170 valence electrons. The Labute approximate surface area is 209 Å². The van der Waals surface area contributed by atoms with Crippen LogP contribution in [0.15, 0.2) is 107 Å². The number of fused-ring (bicyclic) bond motifs is 2. The van der Waals surface area contributed by atoms with Crippen molar-refractivity contribution in [3.8, 4) is 16.1 Å². The van der Waals surface area contributed by atoms with E-state index in [0.29, 0.717) is 27.5 Å². The van der Waals surface area contributed by atoms with Crippen LogP contribution < -0.4 is 11.2 Å². The summed E-state index contributed by atoms with van der Waals surface area (Å²) in [6.45, 7) is 0.307. The van der Waals surface area contributed by atoms with Gasteiger partial charge in [0.05, 0.1) is 17.7 Å². The van der Waals surface area contributed by atoms with E-state index < -0.39 is 0 Å². The maximum atomic E-state index is 14.0. The molecule has 0 aliphatic rings. The Morgan fingerprint density at radius 2 is 1.60 bits per heavy atom. The Morgan fingerprint density at radius 3 is 2.43 bits per heavy atom. The predicted molar refractivity (Wildman–Crippen MR) is 143 cm³/mol. The molecule has 0 aliphatic heterocycles. The molecule has 6 aromatic rings. The highest BCUT2D eigenvalue weighted by Crippen LogP contribution is 2.36. The lowest BCUT2D eigenvalue weighted by molar-refractivity contribution is 0.717. The number of thiophene rings is 1. The number of benzene rings is 3. The van der Waals surface area contributed by atoms with E-state index in [0.717, 1.165) is 26.8 Å². The Morgan fingerprint density at radius 1 is 0.857 bits per heavy atom. The zero-order valence-electron chi connectivity index (χ0n) is 18.4. The van der Waals surface area contributed by atoms with Crippen molar-refractivity contribution in [2.45, 2.75) is 6.54 Å². The molecule has 0 fully saturated rings. The fraction of sp³-hybridized carbons (Fsp3) is 0.0357. The zero-order valence-corrected chi connectivity index (χ0v) is 20.0. The third-order valence-electron chi connectivity index (χ3n) is 6.06. The molecule has 0 N–H and O–H groups in total. The topological polar surface area (TPSA) is 56.9 Å². The van der Waals surface area contributed by atoms with Gasteiger partial charge in [-0.15, -0.1) is 11.3 Å². The van der Waals surface area contributed by atoms with Crippen LogP contribution in [0.1, 0.15) is 5.56 Å². The molecule has 35 heavy (non-hydrogen) atoms. The molecule has 6 rings (SSSR count). The number of rotatable bonds is 4. The Bertz CT molecular complexity index is 1830. The minimum atomic E-state index is -0.390. The van der Waals surface area contributed by atoms with Crippen LogP contribution in [-0.2, 0) is 6.54 Å². The molecule has 5 nitrogen and oxygen atoms in total. The summed E-state index contributed by atoms with van der Waals surface area (Å²) < 4.78 is 3.45. The second-order valence-electron chi connectivity index (χ2n) is 8.17. The number of pyridine rings is 1. The molecule has 0 atom stereocenters. The van der Waals surface area contributed by atoms with Crippen LogP contribution in [0, 0.1) is 0 Å². The molecule has 0 radical (unpaired) electrons. The largest absolute Gasteiger partial charge is 0.336 e. The first-order chi connectivity index (χ1) is 17.1. The smallest absolute Gasteiger partial charge is 0.288 e. The molecule has 7 heteroatoms. The van der Waals surface area contributed by atoms with Crippen molar-refractivity contribution in [1.82, 2.24) is 14.1 Å². The van der Waals surface area contributed by atoms with E-state index in [2.05, 4.69) is 4.98 Å². The highest BCUT2D eigenvalue weighted by molar-refractivity contribution is 7.22. The number of halogens is 1. The summed E-state index contributed by atoms with van der Waals surface area (Å²) in [4.78, 5) is 32.7. The fourth-order valence-corrected chi connectivity index (χ4v) is 5.80. The van der Waals surface area contributed by atoms with Crippen LogP contribution in [-0.4, -0.2) is 14.1 Å². The predicted octanol–water partition coefficient (Wildman–Crippen LogP) is 6.13. The van der Waals surface area contributed by atoms with Gasteiger partial charge in [-0.1, -0.05) is 66.2 Å². The third kappa shape index (κ3) is 3.67. The van der Waals surface area contributed by atoms with Gasteiger partial charge in [0.1, 0.15) is 4.70 Å². The SMILES string of the molecule is O=c1c2sc(-c3ccccc3Cl)cc2n(Cc2ccncc2)c(=O)n1-c1cccc2ccccc12. The van der Waals surface area contributed by atoms with E-state index in [1.165, 1.54) is 15.9 Å². The molecule has 0 amide bonds.